The maximum Gasteiger partial charge on any atom is 0.334 e. The van der Waals surface area contributed by atoms with Crippen LogP contribution in [0.15, 0.2) is 12.2 Å². The monoisotopic (exact) mass is 343 g/mol. The lowest BCUT2D eigenvalue weighted by molar-refractivity contribution is -0.149. The number of hydrogen-bond acceptors (Lipinski definition) is 6. The van der Waals surface area contributed by atoms with Crippen molar-refractivity contribution < 1.29 is 19.1 Å². The molecular weight excluding hydrogens is 314 g/mol. The molecule has 0 aromatic rings. The number of carbonyl (C=O) groups excluding carboxylic acids is 2. The topological polar surface area (TPSA) is 55.8 Å². The third-order valence-electron chi connectivity index (χ3n) is 3.84. The lowest BCUT2D eigenvalue weighted by Gasteiger charge is -2.29. The molecule has 0 saturated carbocycles. The molecule has 1 rings (SSSR count). The van der Waals surface area contributed by atoms with Crippen molar-refractivity contribution in [1.82, 2.24) is 4.31 Å². The minimum Gasteiger partial charge on any atom is -0.465 e. The Morgan fingerprint density at radius 3 is 2.52 bits per heavy atom. The van der Waals surface area contributed by atoms with Crippen LogP contribution in [-0.2, 0) is 19.1 Å². The Morgan fingerprint density at radius 1 is 1.22 bits per heavy atom. The molecule has 0 radical (unpaired) electrons. The Balaban J connectivity index is 2.18. The van der Waals surface area contributed by atoms with E-state index < -0.39 is 11.9 Å². The van der Waals surface area contributed by atoms with Crippen molar-refractivity contribution in [2.75, 3.05) is 26.0 Å². The molecule has 0 amide bonds. The molecule has 1 saturated heterocycles. The molecule has 1 aliphatic heterocycles. The number of piperidine rings is 1. The molecule has 1 fully saturated rings. The summed E-state index contributed by atoms with van der Waals surface area (Å²) in [5, 5.41) is 0. The second kappa shape index (κ2) is 11.5. The lowest BCUT2D eigenvalue weighted by Crippen LogP contribution is -2.34. The van der Waals surface area contributed by atoms with E-state index in [0.29, 0.717) is 6.61 Å². The Morgan fingerprint density at radius 2 is 1.91 bits per heavy atom. The first-order chi connectivity index (χ1) is 11.1. The molecule has 6 heteroatoms. The van der Waals surface area contributed by atoms with Crippen LogP contribution < -0.4 is 0 Å². The third kappa shape index (κ3) is 8.42. The van der Waals surface area contributed by atoms with Crippen LogP contribution in [0.1, 0.15) is 51.9 Å². The second-order valence-electron chi connectivity index (χ2n) is 5.78. The average Bonchev–Trinajstić information content (AvgIpc) is 2.55. The third-order valence-corrected chi connectivity index (χ3v) is 4.72. The smallest absolute Gasteiger partial charge is 0.334 e. The van der Waals surface area contributed by atoms with Crippen molar-refractivity contribution in [3.8, 4) is 0 Å². The normalized spacial score (nSPS) is 16.1. The summed E-state index contributed by atoms with van der Waals surface area (Å²) in [7, 11) is 0. The Labute approximate surface area is 143 Å². The highest BCUT2D eigenvalue weighted by Crippen LogP contribution is 2.19. The van der Waals surface area contributed by atoms with E-state index in [1.807, 2.05) is 6.26 Å². The van der Waals surface area contributed by atoms with Gasteiger partial charge in [-0.05, 0) is 25.5 Å². The molecule has 23 heavy (non-hydrogen) atoms. The first kappa shape index (κ1) is 20.0. The molecule has 0 aliphatic carbocycles. The average molecular weight is 343 g/mol. The first-order valence-electron chi connectivity index (χ1n) is 8.40. The zero-order chi connectivity index (χ0) is 17.1. The fourth-order valence-corrected chi connectivity index (χ4v) is 2.96. The summed E-state index contributed by atoms with van der Waals surface area (Å²) in [6.45, 7) is 8.02. The van der Waals surface area contributed by atoms with Gasteiger partial charge < -0.3 is 9.47 Å². The number of nitrogens with zero attached hydrogens (tertiary/aromatic N) is 1. The van der Waals surface area contributed by atoms with E-state index in [1.54, 1.807) is 11.9 Å². The van der Waals surface area contributed by atoms with E-state index in [9.17, 15) is 9.59 Å². The van der Waals surface area contributed by atoms with Crippen molar-refractivity contribution in [2.24, 2.45) is 0 Å². The van der Waals surface area contributed by atoms with Gasteiger partial charge in [0.15, 0.2) is 0 Å². The summed E-state index contributed by atoms with van der Waals surface area (Å²) < 4.78 is 12.8. The molecule has 132 valence electrons. The SMILES string of the molecule is C=C(CC(=O)OCCCCCC)C(=O)OC1CCN(SC)CC1. The summed E-state index contributed by atoms with van der Waals surface area (Å²) in [5.41, 5.74) is 0.177. The van der Waals surface area contributed by atoms with Gasteiger partial charge in [0.05, 0.1) is 13.0 Å². The van der Waals surface area contributed by atoms with E-state index in [-0.39, 0.29) is 18.1 Å². The highest BCUT2D eigenvalue weighted by Gasteiger charge is 2.23. The minimum absolute atomic E-state index is 0.0762. The molecule has 1 heterocycles. The summed E-state index contributed by atoms with van der Waals surface area (Å²) >= 11 is 1.71. The molecule has 0 atom stereocenters. The largest absolute Gasteiger partial charge is 0.465 e. The molecule has 0 aromatic heterocycles. The van der Waals surface area contributed by atoms with Gasteiger partial charge in [0, 0.05) is 18.7 Å². The Kier molecular flexibility index (Phi) is 10.0. The van der Waals surface area contributed by atoms with Gasteiger partial charge in [-0.1, -0.05) is 44.7 Å². The van der Waals surface area contributed by atoms with E-state index in [2.05, 4.69) is 17.8 Å². The van der Waals surface area contributed by atoms with Crippen LogP contribution in [0.25, 0.3) is 0 Å². The Bertz CT molecular complexity index is 392. The van der Waals surface area contributed by atoms with Crippen molar-refractivity contribution in [1.29, 1.82) is 0 Å². The number of rotatable bonds is 10. The molecule has 5 nitrogen and oxygen atoms in total. The molecular formula is C17H29NO4S. The second-order valence-corrected chi connectivity index (χ2v) is 6.66. The van der Waals surface area contributed by atoms with Crippen LogP contribution in [0.5, 0.6) is 0 Å². The molecule has 0 aromatic carbocycles. The predicted octanol–water partition coefficient (Wildman–Crippen LogP) is 3.34. The van der Waals surface area contributed by atoms with E-state index in [0.717, 1.165) is 51.6 Å². The van der Waals surface area contributed by atoms with Crippen molar-refractivity contribution >= 4 is 23.9 Å². The molecule has 0 bridgehead atoms. The van der Waals surface area contributed by atoms with Crippen LogP contribution in [0.3, 0.4) is 0 Å². The molecule has 0 unspecified atom stereocenters. The highest BCUT2D eigenvalue weighted by molar-refractivity contribution is 7.96. The van der Waals surface area contributed by atoms with Gasteiger partial charge in [0.2, 0.25) is 0 Å². The number of ether oxygens (including phenoxy) is 2. The Hall–Kier alpha value is -1.01. The zero-order valence-corrected chi connectivity index (χ0v) is 15.2. The number of carbonyl (C=O) groups is 2. The van der Waals surface area contributed by atoms with Crippen LogP contribution in [0.4, 0.5) is 0 Å². The maximum absolute atomic E-state index is 12.0. The van der Waals surface area contributed by atoms with Crippen LogP contribution >= 0.6 is 11.9 Å². The lowest BCUT2D eigenvalue weighted by atomic mass is 10.1. The number of hydrogen-bond donors (Lipinski definition) is 0. The van der Waals surface area contributed by atoms with Crippen molar-refractivity contribution in [3.05, 3.63) is 12.2 Å². The minimum atomic E-state index is -0.476. The van der Waals surface area contributed by atoms with E-state index in [4.69, 9.17) is 9.47 Å². The van der Waals surface area contributed by atoms with Crippen LogP contribution in [-0.4, -0.2) is 48.3 Å². The first-order valence-corrected chi connectivity index (χ1v) is 9.58. The van der Waals surface area contributed by atoms with Crippen molar-refractivity contribution in [3.63, 3.8) is 0 Å². The van der Waals surface area contributed by atoms with E-state index >= 15 is 0 Å². The van der Waals surface area contributed by atoms with Crippen LogP contribution in [0, 0.1) is 0 Å². The molecule has 0 spiro atoms. The summed E-state index contributed by atoms with van der Waals surface area (Å²) in [4.78, 5) is 23.6. The standard InChI is InChI=1S/C17H29NO4S/c1-4-5-6-7-12-21-16(19)13-14(2)17(20)22-15-8-10-18(23-3)11-9-15/h15H,2,4-13H2,1,3H3. The van der Waals surface area contributed by atoms with Gasteiger partial charge in [0.25, 0.3) is 0 Å². The van der Waals surface area contributed by atoms with Crippen LogP contribution in [0.2, 0.25) is 0 Å². The molecule has 0 N–H and O–H groups in total. The van der Waals surface area contributed by atoms with Gasteiger partial charge in [-0.3, -0.25) is 9.10 Å². The summed E-state index contributed by atoms with van der Waals surface area (Å²) in [6, 6.07) is 0. The van der Waals surface area contributed by atoms with Gasteiger partial charge in [-0.15, -0.1) is 0 Å². The fraction of sp³-hybridized carbons (Fsp3) is 0.765. The number of esters is 2. The van der Waals surface area contributed by atoms with Gasteiger partial charge in [-0.2, -0.15) is 0 Å². The fourth-order valence-electron chi connectivity index (χ4n) is 2.38. The quantitative estimate of drug-likeness (QED) is 0.262. The maximum atomic E-state index is 12.0. The van der Waals surface area contributed by atoms with Gasteiger partial charge in [0.1, 0.15) is 6.10 Å². The summed E-state index contributed by atoms with van der Waals surface area (Å²) in [5.74, 6) is -0.879. The summed E-state index contributed by atoms with van der Waals surface area (Å²) in [6.07, 6.45) is 7.74. The highest BCUT2D eigenvalue weighted by atomic mass is 32.2. The molecule has 1 aliphatic rings. The predicted molar refractivity (Wildman–Crippen MR) is 93.1 cm³/mol. The van der Waals surface area contributed by atoms with Gasteiger partial charge >= 0.3 is 11.9 Å². The van der Waals surface area contributed by atoms with Gasteiger partial charge in [-0.25, -0.2) is 4.79 Å². The van der Waals surface area contributed by atoms with E-state index in [1.165, 1.54) is 0 Å². The van der Waals surface area contributed by atoms with Crippen molar-refractivity contribution in [2.45, 2.75) is 58.0 Å². The number of unbranched alkanes of at least 4 members (excludes halogenated alkanes) is 3. The zero-order valence-electron chi connectivity index (χ0n) is 14.3.